The number of halogens is 1. The molecule has 40 heavy (non-hydrogen) atoms. The fraction of sp³-hybridized carbons (Fsp3) is 0.625. The molecule has 0 radical (unpaired) electrons. The Bertz CT molecular complexity index is 1390. The van der Waals surface area contributed by atoms with Crippen molar-refractivity contribution in [1.29, 1.82) is 0 Å². The lowest BCUT2D eigenvalue weighted by molar-refractivity contribution is -0.201. The van der Waals surface area contributed by atoms with Gasteiger partial charge in [-0.15, -0.1) is 0 Å². The predicted octanol–water partition coefficient (Wildman–Crippen LogP) is 5.04. The Labute approximate surface area is 234 Å². The molecule has 0 spiro atoms. The van der Waals surface area contributed by atoms with E-state index in [0.717, 1.165) is 55.6 Å². The molecular formula is C32H38FN3O4. The minimum atomic E-state index is -1.35. The van der Waals surface area contributed by atoms with Gasteiger partial charge in [0.1, 0.15) is 0 Å². The van der Waals surface area contributed by atoms with Crippen molar-refractivity contribution in [3.63, 3.8) is 0 Å². The van der Waals surface area contributed by atoms with E-state index >= 15 is 0 Å². The molecule has 7 atom stereocenters. The number of nitrogens with zero attached hydrogens (tertiary/aromatic N) is 3. The number of pyridine rings is 1. The van der Waals surface area contributed by atoms with Gasteiger partial charge in [-0.05, 0) is 98.3 Å². The topological polar surface area (TPSA) is 94.3 Å². The molecule has 8 heteroatoms. The fourth-order valence-corrected chi connectivity index (χ4v) is 9.38. The number of hydrogen-bond acceptors (Lipinski definition) is 6. The summed E-state index contributed by atoms with van der Waals surface area (Å²) in [6.07, 6.45) is 10.7. The number of aliphatic hydroxyl groups is 1. The second kappa shape index (κ2) is 9.07. The van der Waals surface area contributed by atoms with Crippen molar-refractivity contribution in [3.8, 4) is 5.82 Å². The van der Waals surface area contributed by atoms with E-state index in [-0.39, 0.29) is 47.3 Å². The molecule has 0 aromatic carbocycles. The van der Waals surface area contributed by atoms with E-state index in [1.165, 1.54) is 5.57 Å². The van der Waals surface area contributed by atoms with Crippen LogP contribution in [0.4, 0.5) is 4.39 Å². The number of carbonyl (C=O) groups excluding carboxylic acids is 2. The highest BCUT2D eigenvalue weighted by molar-refractivity contribution is 5.92. The predicted molar refractivity (Wildman–Crippen MR) is 146 cm³/mol. The Morgan fingerprint density at radius 1 is 1.20 bits per heavy atom. The molecule has 2 aromatic heterocycles. The number of aliphatic hydroxyl groups excluding tert-OH is 1. The van der Waals surface area contributed by atoms with E-state index in [9.17, 15) is 19.1 Å². The van der Waals surface area contributed by atoms with Crippen molar-refractivity contribution < 1.29 is 23.8 Å². The molecule has 7 rings (SSSR count). The molecule has 1 N–H and O–H groups in total. The summed E-state index contributed by atoms with van der Waals surface area (Å²) >= 11 is 0. The second-order valence-corrected chi connectivity index (χ2v) is 13.4. The third kappa shape index (κ3) is 3.57. The van der Waals surface area contributed by atoms with Crippen molar-refractivity contribution >= 4 is 17.8 Å². The van der Waals surface area contributed by atoms with Crippen LogP contribution in [0.15, 0.2) is 36.2 Å². The highest BCUT2D eigenvalue weighted by atomic mass is 19.1. The summed E-state index contributed by atoms with van der Waals surface area (Å²) in [6.45, 7) is 3.55. The van der Waals surface area contributed by atoms with Crippen LogP contribution >= 0.6 is 0 Å². The number of ether oxygens (including phenoxy) is 1. The summed E-state index contributed by atoms with van der Waals surface area (Å²) < 4.78 is 21.6. The number of aromatic nitrogens is 3. The third-order valence-corrected chi connectivity index (χ3v) is 11.4. The lowest BCUT2D eigenvalue weighted by Gasteiger charge is -2.60. The van der Waals surface area contributed by atoms with E-state index in [2.05, 4.69) is 23.1 Å². The van der Waals surface area contributed by atoms with Crippen LogP contribution in [-0.2, 0) is 20.7 Å². The van der Waals surface area contributed by atoms with Crippen LogP contribution in [0.2, 0.25) is 0 Å². The van der Waals surface area contributed by atoms with Gasteiger partial charge in [-0.25, -0.2) is 9.67 Å². The maximum Gasteiger partial charge on any atom is 0.309 e. The van der Waals surface area contributed by atoms with Gasteiger partial charge in [-0.1, -0.05) is 25.5 Å². The summed E-state index contributed by atoms with van der Waals surface area (Å²) in [7, 11) is 0. The number of hydrogen-bond donors (Lipinski definition) is 1. The Balaban J connectivity index is 1.23. The van der Waals surface area contributed by atoms with Crippen molar-refractivity contribution in [2.45, 2.75) is 83.3 Å². The Morgan fingerprint density at radius 2 is 2.02 bits per heavy atom. The number of ketones is 1. The van der Waals surface area contributed by atoms with Gasteiger partial charge in [-0.3, -0.25) is 14.0 Å². The van der Waals surface area contributed by atoms with Gasteiger partial charge in [0.15, 0.2) is 17.2 Å². The van der Waals surface area contributed by atoms with Crippen LogP contribution < -0.4 is 0 Å². The molecular weight excluding hydrogens is 509 g/mol. The minimum absolute atomic E-state index is 0.0168. The van der Waals surface area contributed by atoms with Crippen LogP contribution in [0.5, 0.6) is 0 Å². The van der Waals surface area contributed by atoms with Crippen molar-refractivity contribution in [2.75, 3.05) is 6.67 Å². The zero-order chi connectivity index (χ0) is 27.9. The van der Waals surface area contributed by atoms with Gasteiger partial charge in [0.05, 0.1) is 30.6 Å². The average Bonchev–Trinajstić information content (AvgIpc) is 3.65. The second-order valence-electron chi connectivity index (χ2n) is 13.4. The lowest BCUT2D eigenvalue weighted by atomic mass is 9.45. The van der Waals surface area contributed by atoms with Gasteiger partial charge in [0, 0.05) is 18.0 Å². The molecule has 7 nitrogen and oxygen atoms in total. The number of allylic oxidation sites excluding steroid dienone is 1. The number of Topliss-reactive ketones (excluding diaryl/α,β-unsaturated/α-hetero) is 1. The minimum Gasteiger partial charge on any atom is -0.450 e. The average molecular weight is 548 g/mol. The molecule has 2 aromatic rings. The highest BCUT2D eigenvalue weighted by Crippen LogP contribution is 2.68. The normalized spacial score (nSPS) is 38.0. The molecule has 5 aliphatic carbocycles. The SMILES string of the molecule is C[C@]12Cc3cnn(-c4ccccn4)c3C=C1CC[C@@H]1[C@@H]2[C@@H](O)C[C@@]2(C)[C@H]1CC[C@]2(OC(=O)C1CC1)C(=O)CCF. The first-order valence-corrected chi connectivity index (χ1v) is 14.9. The summed E-state index contributed by atoms with van der Waals surface area (Å²) in [6, 6.07) is 5.80. The molecule has 0 unspecified atom stereocenters. The first kappa shape index (κ1) is 26.1. The largest absolute Gasteiger partial charge is 0.450 e. The molecule has 2 heterocycles. The molecule has 5 aliphatic rings. The van der Waals surface area contributed by atoms with Crippen LogP contribution in [0.3, 0.4) is 0 Å². The molecule has 0 aliphatic heterocycles. The Kier molecular flexibility index (Phi) is 5.91. The van der Waals surface area contributed by atoms with E-state index in [1.807, 2.05) is 36.0 Å². The third-order valence-electron chi connectivity index (χ3n) is 11.4. The quantitative estimate of drug-likeness (QED) is 0.509. The van der Waals surface area contributed by atoms with Gasteiger partial charge < -0.3 is 9.84 Å². The summed E-state index contributed by atoms with van der Waals surface area (Å²) in [4.78, 5) is 31.1. The molecule has 212 valence electrons. The maximum absolute atomic E-state index is 13.6. The highest BCUT2D eigenvalue weighted by Gasteiger charge is 2.70. The summed E-state index contributed by atoms with van der Waals surface area (Å²) in [5.41, 5.74) is 1.23. The molecule has 4 saturated carbocycles. The van der Waals surface area contributed by atoms with Gasteiger partial charge >= 0.3 is 5.97 Å². The fourth-order valence-electron chi connectivity index (χ4n) is 9.38. The van der Waals surface area contributed by atoms with Crippen LogP contribution in [0.1, 0.15) is 76.5 Å². The van der Waals surface area contributed by atoms with Gasteiger partial charge in [-0.2, -0.15) is 5.10 Å². The van der Waals surface area contributed by atoms with Crippen LogP contribution in [0.25, 0.3) is 11.9 Å². The smallest absolute Gasteiger partial charge is 0.309 e. The van der Waals surface area contributed by atoms with Crippen molar-refractivity contribution in [2.24, 2.45) is 34.5 Å². The maximum atomic E-state index is 13.6. The molecule has 0 amide bonds. The standard InChI is InChI=1S/C32H38FN3O4/c1-30-16-20-18-35-36(27-5-3-4-14-34-27)24(20)15-21(30)8-9-22-23-10-12-32(26(38)11-13-33,40-29(39)19-6-7-19)31(23,2)17-25(37)28(22)30/h3-5,14-15,18-19,22-23,25,28,37H,6-13,16-17H2,1-2H3/t22-,23-,25-,28+,30-,31-,32-/m0/s1. The van der Waals surface area contributed by atoms with Crippen molar-refractivity contribution in [1.82, 2.24) is 14.8 Å². The van der Waals surface area contributed by atoms with Crippen molar-refractivity contribution in [3.05, 3.63) is 47.4 Å². The Hall–Kier alpha value is -2.87. The number of alkyl halides is 1. The lowest BCUT2D eigenvalue weighted by Crippen LogP contribution is -2.63. The Morgan fingerprint density at radius 3 is 2.75 bits per heavy atom. The first-order chi connectivity index (χ1) is 19.2. The van der Waals surface area contributed by atoms with E-state index in [1.54, 1.807) is 6.20 Å². The summed E-state index contributed by atoms with van der Waals surface area (Å²) in [5.74, 6) is 0.317. The number of carbonyl (C=O) groups is 2. The zero-order valence-electron chi connectivity index (χ0n) is 23.3. The number of rotatable bonds is 6. The van der Waals surface area contributed by atoms with E-state index in [0.29, 0.717) is 12.8 Å². The van der Waals surface area contributed by atoms with E-state index in [4.69, 9.17) is 4.74 Å². The van der Waals surface area contributed by atoms with E-state index < -0.39 is 23.8 Å². The number of fused-ring (bicyclic) bond motifs is 6. The zero-order valence-corrected chi connectivity index (χ0v) is 23.3. The molecule has 0 saturated heterocycles. The van der Waals surface area contributed by atoms with Gasteiger partial charge in [0.25, 0.3) is 0 Å². The van der Waals surface area contributed by atoms with Gasteiger partial charge in [0.2, 0.25) is 0 Å². The molecule has 0 bridgehead atoms. The monoisotopic (exact) mass is 547 g/mol. The summed E-state index contributed by atoms with van der Waals surface area (Å²) in [5, 5.41) is 16.6. The molecule has 4 fully saturated rings. The first-order valence-electron chi connectivity index (χ1n) is 14.9. The van der Waals surface area contributed by atoms with Crippen LogP contribution in [-0.4, -0.2) is 50.0 Å². The number of esters is 1. The van der Waals surface area contributed by atoms with Crippen LogP contribution in [0, 0.1) is 34.5 Å².